The minimum Gasteiger partial charge on any atom is -0.410 e. The lowest BCUT2D eigenvalue weighted by molar-refractivity contribution is 0.142. The number of ether oxygens (including phenoxy) is 1. The summed E-state index contributed by atoms with van der Waals surface area (Å²) in [5, 5.41) is 0. The average molecular weight is 404 g/mol. The first kappa shape index (κ1) is 18.1. The second kappa shape index (κ2) is 7.87. The van der Waals surface area contributed by atoms with E-state index >= 15 is 0 Å². The number of likely N-dealkylation sites (tertiary alicyclic amines) is 1. The zero-order valence-electron chi connectivity index (χ0n) is 13.3. The highest BCUT2D eigenvalue weighted by molar-refractivity contribution is 14.0. The highest BCUT2D eigenvalue weighted by atomic mass is 127. The van der Waals surface area contributed by atoms with Gasteiger partial charge in [-0.25, -0.2) is 4.79 Å². The zero-order chi connectivity index (χ0) is 14.7. The van der Waals surface area contributed by atoms with Crippen molar-refractivity contribution < 1.29 is 9.53 Å². The van der Waals surface area contributed by atoms with E-state index in [0.717, 1.165) is 37.1 Å². The third-order valence-corrected chi connectivity index (χ3v) is 3.73. The van der Waals surface area contributed by atoms with E-state index in [1.165, 1.54) is 12.1 Å². The number of nitrogens with zero attached hydrogens (tertiary/aromatic N) is 2. The maximum Gasteiger partial charge on any atom is 0.415 e. The van der Waals surface area contributed by atoms with Crippen LogP contribution in [0, 0.1) is 13.8 Å². The van der Waals surface area contributed by atoms with Gasteiger partial charge in [0.25, 0.3) is 0 Å². The molecule has 0 saturated carbocycles. The number of hydrogen-bond donors (Lipinski definition) is 0. The van der Waals surface area contributed by atoms with Gasteiger partial charge in [0.2, 0.25) is 0 Å². The van der Waals surface area contributed by atoms with E-state index in [1.54, 1.807) is 4.90 Å². The lowest BCUT2D eigenvalue weighted by Crippen LogP contribution is -2.37. The third-order valence-electron chi connectivity index (χ3n) is 3.73. The first-order valence-corrected chi connectivity index (χ1v) is 7.24. The molecule has 0 atom stereocenters. The van der Waals surface area contributed by atoms with Gasteiger partial charge in [0.1, 0.15) is 5.75 Å². The highest BCUT2D eigenvalue weighted by Gasteiger charge is 2.19. The van der Waals surface area contributed by atoms with Crippen LogP contribution < -0.4 is 9.64 Å². The number of aryl methyl sites for hydroxylation is 2. The molecule has 0 aliphatic carbocycles. The van der Waals surface area contributed by atoms with Crippen LogP contribution >= 0.6 is 24.0 Å². The smallest absolute Gasteiger partial charge is 0.410 e. The van der Waals surface area contributed by atoms with E-state index in [0.29, 0.717) is 5.75 Å². The van der Waals surface area contributed by atoms with E-state index < -0.39 is 0 Å². The molecule has 118 valence electrons. The number of rotatable bonds is 2. The van der Waals surface area contributed by atoms with Gasteiger partial charge in [-0.15, -0.1) is 24.0 Å². The molecule has 0 bridgehead atoms. The van der Waals surface area contributed by atoms with Crippen LogP contribution in [0.25, 0.3) is 0 Å². The summed E-state index contributed by atoms with van der Waals surface area (Å²) < 4.78 is 5.52. The SMILES string of the molecule is Cc1cc(OC(=O)N2CCCCC2)cc(C)c1N(C)C.I. The number of piperidine rings is 1. The largest absolute Gasteiger partial charge is 0.415 e. The summed E-state index contributed by atoms with van der Waals surface area (Å²) in [4.78, 5) is 16.0. The molecule has 1 amide bonds. The number of amides is 1. The van der Waals surface area contributed by atoms with E-state index in [4.69, 9.17) is 4.74 Å². The van der Waals surface area contributed by atoms with Gasteiger partial charge < -0.3 is 14.5 Å². The van der Waals surface area contributed by atoms with E-state index in [9.17, 15) is 4.79 Å². The van der Waals surface area contributed by atoms with Crippen molar-refractivity contribution in [2.75, 3.05) is 32.1 Å². The predicted octanol–water partition coefficient (Wildman–Crippen LogP) is 3.97. The monoisotopic (exact) mass is 404 g/mol. The zero-order valence-corrected chi connectivity index (χ0v) is 15.6. The Morgan fingerprint density at radius 3 is 2.10 bits per heavy atom. The van der Waals surface area contributed by atoms with Gasteiger partial charge in [0, 0.05) is 32.9 Å². The van der Waals surface area contributed by atoms with Crippen molar-refractivity contribution >= 4 is 35.8 Å². The minimum atomic E-state index is -0.221. The maximum atomic E-state index is 12.1. The molecule has 1 saturated heterocycles. The fraction of sp³-hybridized carbons (Fsp3) is 0.562. The van der Waals surface area contributed by atoms with Crippen molar-refractivity contribution in [3.63, 3.8) is 0 Å². The van der Waals surface area contributed by atoms with Crippen LogP contribution in [0.3, 0.4) is 0 Å². The second-order valence-electron chi connectivity index (χ2n) is 5.72. The molecule has 1 aromatic rings. The Kier molecular flexibility index (Phi) is 6.77. The quantitative estimate of drug-likeness (QED) is 0.700. The number of carbonyl (C=O) groups is 1. The molecule has 0 radical (unpaired) electrons. The highest BCUT2D eigenvalue weighted by Crippen LogP contribution is 2.28. The van der Waals surface area contributed by atoms with Crippen molar-refractivity contribution in [3.8, 4) is 5.75 Å². The van der Waals surface area contributed by atoms with Gasteiger partial charge >= 0.3 is 6.09 Å². The Labute approximate surface area is 144 Å². The summed E-state index contributed by atoms with van der Waals surface area (Å²) in [6, 6.07) is 3.87. The van der Waals surface area contributed by atoms with E-state index in [2.05, 4.69) is 4.90 Å². The van der Waals surface area contributed by atoms with E-state index in [1.807, 2.05) is 40.1 Å². The van der Waals surface area contributed by atoms with E-state index in [-0.39, 0.29) is 30.1 Å². The molecule has 1 heterocycles. The van der Waals surface area contributed by atoms with Crippen LogP contribution in [0.4, 0.5) is 10.5 Å². The fourth-order valence-electron chi connectivity index (χ4n) is 2.92. The van der Waals surface area contributed by atoms with Gasteiger partial charge in [0.15, 0.2) is 0 Å². The molecule has 1 aliphatic rings. The molecule has 5 heteroatoms. The van der Waals surface area contributed by atoms with Crippen LogP contribution in [-0.2, 0) is 0 Å². The summed E-state index contributed by atoms with van der Waals surface area (Å²) in [6.45, 7) is 5.71. The number of carbonyl (C=O) groups excluding carboxylic acids is 1. The molecule has 1 aliphatic heterocycles. The minimum absolute atomic E-state index is 0. The number of halogens is 1. The molecule has 4 nitrogen and oxygen atoms in total. The third kappa shape index (κ3) is 4.49. The van der Waals surface area contributed by atoms with Gasteiger partial charge in [-0.05, 0) is 56.4 Å². The number of hydrogen-bond acceptors (Lipinski definition) is 3. The first-order valence-electron chi connectivity index (χ1n) is 7.24. The molecule has 0 N–H and O–H groups in total. The van der Waals surface area contributed by atoms with Crippen molar-refractivity contribution in [2.45, 2.75) is 33.1 Å². The summed E-state index contributed by atoms with van der Waals surface area (Å²) in [5.41, 5.74) is 3.43. The van der Waals surface area contributed by atoms with Gasteiger partial charge in [-0.2, -0.15) is 0 Å². The van der Waals surface area contributed by atoms with Crippen molar-refractivity contribution in [2.24, 2.45) is 0 Å². The molecule has 1 aromatic carbocycles. The van der Waals surface area contributed by atoms with Gasteiger partial charge in [0.05, 0.1) is 0 Å². The topological polar surface area (TPSA) is 32.8 Å². The predicted molar refractivity (Wildman–Crippen MR) is 97.1 cm³/mol. The van der Waals surface area contributed by atoms with Crippen LogP contribution in [-0.4, -0.2) is 38.2 Å². The van der Waals surface area contributed by atoms with Crippen LogP contribution in [0.2, 0.25) is 0 Å². The molecular weight excluding hydrogens is 379 g/mol. The molecule has 0 aromatic heterocycles. The molecular formula is C16H25IN2O2. The molecule has 0 unspecified atom stereocenters. The molecule has 0 spiro atoms. The molecule has 2 rings (SSSR count). The van der Waals surface area contributed by atoms with Gasteiger partial charge in [-0.3, -0.25) is 0 Å². The van der Waals surface area contributed by atoms with Crippen LogP contribution in [0.1, 0.15) is 30.4 Å². The van der Waals surface area contributed by atoms with Crippen LogP contribution in [0.5, 0.6) is 5.75 Å². The fourth-order valence-corrected chi connectivity index (χ4v) is 2.92. The Morgan fingerprint density at radius 2 is 1.62 bits per heavy atom. The summed E-state index contributed by atoms with van der Waals surface area (Å²) >= 11 is 0. The lowest BCUT2D eigenvalue weighted by atomic mass is 10.1. The first-order chi connectivity index (χ1) is 9.49. The molecule has 21 heavy (non-hydrogen) atoms. The Bertz CT molecular complexity index is 474. The maximum absolute atomic E-state index is 12.1. The van der Waals surface area contributed by atoms with Gasteiger partial charge in [-0.1, -0.05) is 0 Å². The normalized spacial score (nSPS) is 14.4. The summed E-state index contributed by atoms with van der Waals surface area (Å²) in [5.74, 6) is 0.640. The van der Waals surface area contributed by atoms with Crippen molar-refractivity contribution in [1.29, 1.82) is 0 Å². The summed E-state index contributed by atoms with van der Waals surface area (Å²) in [7, 11) is 4.05. The number of anilines is 1. The lowest BCUT2D eigenvalue weighted by Gasteiger charge is -2.26. The Balaban J connectivity index is 0.00000220. The number of benzene rings is 1. The second-order valence-corrected chi connectivity index (χ2v) is 5.72. The van der Waals surface area contributed by atoms with Crippen molar-refractivity contribution in [3.05, 3.63) is 23.3 Å². The Morgan fingerprint density at radius 1 is 1.10 bits per heavy atom. The standard InChI is InChI=1S/C16H24N2O2.HI/c1-12-10-14(11-13(2)15(12)17(3)4)20-16(19)18-8-6-5-7-9-18;/h10-11H,5-9H2,1-4H3;1H. The average Bonchev–Trinajstić information content (AvgIpc) is 2.38. The Hall–Kier alpha value is -0.980. The molecule has 1 fully saturated rings. The van der Waals surface area contributed by atoms with Crippen molar-refractivity contribution in [1.82, 2.24) is 4.90 Å². The van der Waals surface area contributed by atoms with Crippen LogP contribution in [0.15, 0.2) is 12.1 Å². The summed E-state index contributed by atoms with van der Waals surface area (Å²) in [6.07, 6.45) is 3.14.